The van der Waals surface area contributed by atoms with Gasteiger partial charge in [-0.05, 0) is 43.2 Å². The van der Waals surface area contributed by atoms with Crippen molar-refractivity contribution in [2.24, 2.45) is 11.8 Å². The summed E-state index contributed by atoms with van der Waals surface area (Å²) >= 11 is 0. The van der Waals surface area contributed by atoms with E-state index in [4.69, 9.17) is 9.47 Å². The topological polar surface area (TPSA) is 60.5 Å². The SMILES string of the molecule is O=C(NC(c1cccnc1)C1CCOCC1)C1CCOCC1. The van der Waals surface area contributed by atoms with Gasteiger partial charge in [0.25, 0.3) is 0 Å². The van der Waals surface area contributed by atoms with Crippen molar-refractivity contribution in [3.8, 4) is 0 Å². The fourth-order valence-electron chi connectivity index (χ4n) is 3.31. The first kappa shape index (κ1) is 15.4. The van der Waals surface area contributed by atoms with E-state index in [9.17, 15) is 4.79 Å². The monoisotopic (exact) mass is 304 g/mol. The Morgan fingerprint density at radius 1 is 1.14 bits per heavy atom. The fraction of sp³-hybridized carbons (Fsp3) is 0.647. The second kappa shape index (κ2) is 7.70. The number of rotatable bonds is 4. The second-order valence-corrected chi connectivity index (χ2v) is 6.11. The van der Waals surface area contributed by atoms with Gasteiger partial charge in [-0.3, -0.25) is 9.78 Å². The number of ether oxygens (including phenoxy) is 2. The third-order valence-electron chi connectivity index (χ3n) is 4.67. The molecule has 1 atom stereocenters. The molecule has 5 heteroatoms. The zero-order valence-electron chi connectivity index (χ0n) is 12.9. The zero-order valence-corrected chi connectivity index (χ0v) is 12.9. The average molecular weight is 304 g/mol. The standard InChI is InChI=1S/C17H24N2O3/c20-17(14-5-10-22-11-6-14)19-16(13-3-8-21-9-4-13)15-2-1-7-18-12-15/h1-2,7,12-14,16H,3-6,8-11H2,(H,19,20). The Labute approximate surface area is 131 Å². The Morgan fingerprint density at radius 2 is 1.82 bits per heavy atom. The van der Waals surface area contributed by atoms with Crippen molar-refractivity contribution in [1.82, 2.24) is 10.3 Å². The molecule has 2 saturated heterocycles. The summed E-state index contributed by atoms with van der Waals surface area (Å²) in [5.41, 5.74) is 1.09. The first-order valence-corrected chi connectivity index (χ1v) is 8.20. The minimum atomic E-state index is 0.0351. The molecule has 2 fully saturated rings. The summed E-state index contributed by atoms with van der Waals surface area (Å²) in [5, 5.41) is 3.28. The summed E-state index contributed by atoms with van der Waals surface area (Å²) in [6, 6.07) is 4.02. The molecule has 1 unspecified atom stereocenters. The Hall–Kier alpha value is -1.46. The molecular formula is C17H24N2O3. The van der Waals surface area contributed by atoms with Crippen molar-refractivity contribution in [3.63, 3.8) is 0 Å². The molecule has 0 spiro atoms. The maximum atomic E-state index is 12.6. The van der Waals surface area contributed by atoms with Crippen molar-refractivity contribution in [1.29, 1.82) is 0 Å². The highest BCUT2D eigenvalue weighted by atomic mass is 16.5. The molecule has 120 valence electrons. The van der Waals surface area contributed by atoms with Crippen molar-refractivity contribution in [2.75, 3.05) is 26.4 Å². The lowest BCUT2D eigenvalue weighted by Crippen LogP contribution is -2.40. The number of nitrogens with one attached hydrogen (secondary N) is 1. The smallest absolute Gasteiger partial charge is 0.223 e. The number of pyridine rings is 1. The summed E-state index contributed by atoms with van der Waals surface area (Å²) in [6.45, 7) is 2.92. The number of hydrogen-bond donors (Lipinski definition) is 1. The molecule has 0 bridgehead atoms. The van der Waals surface area contributed by atoms with Crippen LogP contribution in [0.4, 0.5) is 0 Å². The molecule has 1 amide bonds. The van der Waals surface area contributed by atoms with E-state index in [0.29, 0.717) is 19.1 Å². The van der Waals surface area contributed by atoms with E-state index < -0.39 is 0 Å². The van der Waals surface area contributed by atoms with Gasteiger partial charge in [0.1, 0.15) is 0 Å². The number of hydrogen-bond acceptors (Lipinski definition) is 4. The van der Waals surface area contributed by atoms with E-state index in [1.807, 2.05) is 12.3 Å². The Bertz CT molecular complexity index is 468. The highest BCUT2D eigenvalue weighted by molar-refractivity contribution is 5.79. The summed E-state index contributed by atoms with van der Waals surface area (Å²) in [4.78, 5) is 16.8. The third kappa shape index (κ3) is 3.84. The lowest BCUT2D eigenvalue weighted by Gasteiger charge is -2.32. The van der Waals surface area contributed by atoms with Crippen LogP contribution >= 0.6 is 0 Å². The van der Waals surface area contributed by atoms with Gasteiger partial charge < -0.3 is 14.8 Å². The van der Waals surface area contributed by atoms with E-state index in [-0.39, 0.29) is 17.9 Å². The van der Waals surface area contributed by atoms with E-state index in [1.165, 1.54) is 0 Å². The number of aromatic nitrogens is 1. The highest BCUT2D eigenvalue weighted by Gasteiger charge is 2.30. The van der Waals surface area contributed by atoms with Gasteiger partial charge in [0.2, 0.25) is 5.91 Å². The first-order chi connectivity index (χ1) is 10.8. The summed E-state index contributed by atoms with van der Waals surface area (Å²) in [6.07, 6.45) is 7.23. The summed E-state index contributed by atoms with van der Waals surface area (Å²) < 4.78 is 10.8. The van der Waals surface area contributed by atoms with Crippen LogP contribution in [-0.2, 0) is 14.3 Å². The molecule has 1 aromatic rings. The number of carbonyl (C=O) groups excluding carboxylic acids is 1. The molecule has 3 rings (SSSR count). The van der Waals surface area contributed by atoms with Gasteiger partial charge in [-0.1, -0.05) is 6.07 Å². The second-order valence-electron chi connectivity index (χ2n) is 6.11. The summed E-state index contributed by atoms with van der Waals surface area (Å²) in [7, 11) is 0. The minimum absolute atomic E-state index is 0.0351. The van der Waals surface area contributed by atoms with E-state index in [2.05, 4.69) is 16.4 Å². The van der Waals surface area contributed by atoms with Gasteiger partial charge in [0.05, 0.1) is 6.04 Å². The van der Waals surface area contributed by atoms with E-state index in [0.717, 1.165) is 44.5 Å². The molecule has 2 aliphatic heterocycles. The fourth-order valence-corrected chi connectivity index (χ4v) is 3.31. The van der Waals surface area contributed by atoms with Gasteiger partial charge in [-0.25, -0.2) is 0 Å². The molecule has 2 aliphatic rings. The van der Waals surface area contributed by atoms with Crippen LogP contribution in [0.3, 0.4) is 0 Å². The van der Waals surface area contributed by atoms with Crippen LogP contribution in [-0.4, -0.2) is 37.3 Å². The van der Waals surface area contributed by atoms with Gasteiger partial charge in [0, 0.05) is 44.7 Å². The normalized spacial score (nSPS) is 22.2. The predicted molar refractivity (Wildman–Crippen MR) is 82.2 cm³/mol. The molecule has 1 N–H and O–H groups in total. The molecule has 3 heterocycles. The van der Waals surface area contributed by atoms with Gasteiger partial charge in [0.15, 0.2) is 0 Å². The number of amides is 1. The van der Waals surface area contributed by atoms with Crippen molar-refractivity contribution in [3.05, 3.63) is 30.1 Å². The Morgan fingerprint density at radius 3 is 2.45 bits per heavy atom. The van der Waals surface area contributed by atoms with Crippen LogP contribution in [0.5, 0.6) is 0 Å². The van der Waals surface area contributed by atoms with Crippen LogP contribution in [0.2, 0.25) is 0 Å². The van der Waals surface area contributed by atoms with Crippen LogP contribution in [0.25, 0.3) is 0 Å². The third-order valence-corrected chi connectivity index (χ3v) is 4.67. The maximum absolute atomic E-state index is 12.6. The van der Waals surface area contributed by atoms with Gasteiger partial charge in [-0.2, -0.15) is 0 Å². The van der Waals surface area contributed by atoms with Crippen LogP contribution < -0.4 is 5.32 Å². The van der Waals surface area contributed by atoms with E-state index in [1.54, 1.807) is 6.20 Å². The molecule has 0 aromatic carbocycles. The predicted octanol–water partition coefficient (Wildman–Crippen LogP) is 2.09. The highest BCUT2D eigenvalue weighted by Crippen LogP contribution is 2.30. The van der Waals surface area contributed by atoms with Gasteiger partial charge in [-0.15, -0.1) is 0 Å². The maximum Gasteiger partial charge on any atom is 0.223 e. The average Bonchev–Trinajstić information content (AvgIpc) is 2.62. The van der Waals surface area contributed by atoms with Crippen molar-refractivity contribution in [2.45, 2.75) is 31.7 Å². The molecular weight excluding hydrogens is 280 g/mol. The van der Waals surface area contributed by atoms with Crippen LogP contribution in [0.15, 0.2) is 24.5 Å². The largest absolute Gasteiger partial charge is 0.381 e. The lowest BCUT2D eigenvalue weighted by molar-refractivity contribution is -0.129. The Balaban J connectivity index is 1.71. The minimum Gasteiger partial charge on any atom is -0.381 e. The number of nitrogens with zero attached hydrogens (tertiary/aromatic N) is 1. The van der Waals surface area contributed by atoms with Crippen LogP contribution in [0.1, 0.15) is 37.3 Å². The van der Waals surface area contributed by atoms with Crippen LogP contribution in [0, 0.1) is 11.8 Å². The molecule has 0 saturated carbocycles. The first-order valence-electron chi connectivity index (χ1n) is 8.20. The molecule has 0 aliphatic carbocycles. The summed E-state index contributed by atoms with van der Waals surface area (Å²) in [5.74, 6) is 0.651. The molecule has 0 radical (unpaired) electrons. The lowest BCUT2D eigenvalue weighted by atomic mass is 9.87. The number of carbonyl (C=O) groups is 1. The molecule has 5 nitrogen and oxygen atoms in total. The molecule has 1 aromatic heterocycles. The van der Waals surface area contributed by atoms with E-state index >= 15 is 0 Å². The quantitative estimate of drug-likeness (QED) is 0.925. The Kier molecular flexibility index (Phi) is 5.40. The zero-order chi connectivity index (χ0) is 15.2. The van der Waals surface area contributed by atoms with Crippen molar-refractivity contribution >= 4 is 5.91 Å². The van der Waals surface area contributed by atoms with Gasteiger partial charge >= 0.3 is 0 Å². The van der Waals surface area contributed by atoms with Crippen molar-refractivity contribution < 1.29 is 14.3 Å². The molecule has 22 heavy (non-hydrogen) atoms.